The van der Waals surface area contributed by atoms with Gasteiger partial charge in [-0.15, -0.1) is 0 Å². The van der Waals surface area contributed by atoms with Gasteiger partial charge < -0.3 is 4.74 Å². The highest BCUT2D eigenvalue weighted by Crippen LogP contribution is 2.37. The minimum atomic E-state index is -0.490. The molecule has 2 rings (SSSR count). The van der Waals surface area contributed by atoms with Gasteiger partial charge in [-0.25, -0.2) is 5.90 Å². The fourth-order valence-corrected chi connectivity index (χ4v) is 1.75. The van der Waals surface area contributed by atoms with Gasteiger partial charge in [0.15, 0.2) is 0 Å². The van der Waals surface area contributed by atoms with Gasteiger partial charge in [-0.1, -0.05) is 18.2 Å². The van der Waals surface area contributed by atoms with Crippen LogP contribution in [0.5, 0.6) is 5.75 Å². The first kappa shape index (κ1) is 9.49. The van der Waals surface area contributed by atoms with Crippen LogP contribution in [-0.4, -0.2) is 6.61 Å². The summed E-state index contributed by atoms with van der Waals surface area (Å²) in [5.74, 6) is 6.22. The summed E-state index contributed by atoms with van der Waals surface area (Å²) in [7, 11) is 0. The maximum atomic E-state index is 5.58. The van der Waals surface area contributed by atoms with Crippen molar-refractivity contribution in [3.8, 4) is 5.75 Å². The van der Waals surface area contributed by atoms with Gasteiger partial charge in [0.25, 0.3) is 0 Å². The van der Waals surface area contributed by atoms with E-state index in [1.807, 2.05) is 26.0 Å². The second-order valence-corrected chi connectivity index (χ2v) is 4.02. The fraction of sp³-hybridized carbons (Fsp3) is 0.455. The molecule has 0 spiro atoms. The summed E-state index contributed by atoms with van der Waals surface area (Å²) in [6.45, 7) is 4.63. The molecule has 0 saturated heterocycles. The first-order chi connectivity index (χ1) is 6.65. The van der Waals surface area contributed by atoms with E-state index in [1.54, 1.807) is 0 Å². The van der Waals surface area contributed by atoms with E-state index in [0.29, 0.717) is 0 Å². The van der Waals surface area contributed by atoms with Gasteiger partial charge in [-0.2, -0.15) is 0 Å². The van der Waals surface area contributed by atoms with E-state index < -0.39 is 5.60 Å². The average Bonchev–Trinajstić information content (AvgIpc) is 2.64. The quantitative estimate of drug-likeness (QED) is 0.728. The van der Waals surface area contributed by atoms with Crippen LogP contribution in [0, 0.1) is 0 Å². The Bertz CT molecular complexity index is 347. The number of hydrogen-bond acceptors (Lipinski definition) is 3. The number of benzene rings is 1. The normalized spacial score (nSPS) is 15.1. The molecule has 0 radical (unpaired) electrons. The molecule has 0 amide bonds. The molecule has 0 unspecified atom stereocenters. The molecule has 1 aromatic carbocycles. The van der Waals surface area contributed by atoms with Crippen molar-refractivity contribution >= 4 is 0 Å². The Hall–Kier alpha value is -1.06. The van der Waals surface area contributed by atoms with Gasteiger partial charge in [0, 0.05) is 12.0 Å². The summed E-state index contributed by atoms with van der Waals surface area (Å²) in [5.41, 5.74) is 1.78. The molecule has 0 saturated carbocycles. The van der Waals surface area contributed by atoms with Crippen LogP contribution in [-0.2, 0) is 16.9 Å². The zero-order valence-electron chi connectivity index (χ0n) is 8.54. The molecule has 14 heavy (non-hydrogen) atoms. The molecule has 0 atom stereocenters. The molecule has 0 bridgehead atoms. The predicted octanol–water partition coefficient (Wildman–Crippen LogP) is 1.75. The molecule has 0 aliphatic carbocycles. The monoisotopic (exact) mass is 193 g/mol. The molecule has 76 valence electrons. The summed E-state index contributed by atoms with van der Waals surface area (Å²) in [4.78, 5) is 4.97. The van der Waals surface area contributed by atoms with Crippen molar-refractivity contribution in [2.24, 2.45) is 5.90 Å². The highest BCUT2D eigenvalue weighted by atomic mass is 16.6. The summed E-state index contributed by atoms with van der Waals surface area (Å²) in [6.07, 6.45) is 0.976. The second-order valence-electron chi connectivity index (χ2n) is 4.02. The summed E-state index contributed by atoms with van der Waals surface area (Å²) in [5, 5.41) is 0. The van der Waals surface area contributed by atoms with Gasteiger partial charge in [0.05, 0.1) is 6.61 Å². The first-order valence-electron chi connectivity index (χ1n) is 4.78. The van der Waals surface area contributed by atoms with Crippen LogP contribution in [0.3, 0.4) is 0 Å². The lowest BCUT2D eigenvalue weighted by atomic mass is 9.95. The third-order valence-corrected chi connectivity index (χ3v) is 2.66. The highest BCUT2D eigenvalue weighted by Gasteiger charge is 2.28. The van der Waals surface area contributed by atoms with E-state index in [9.17, 15) is 0 Å². The molecule has 1 heterocycles. The third-order valence-electron chi connectivity index (χ3n) is 2.66. The summed E-state index contributed by atoms with van der Waals surface area (Å²) >= 11 is 0. The number of rotatable bonds is 2. The van der Waals surface area contributed by atoms with Crippen molar-refractivity contribution in [3.05, 3.63) is 29.3 Å². The van der Waals surface area contributed by atoms with Gasteiger partial charge in [-0.05, 0) is 19.4 Å². The fourth-order valence-electron chi connectivity index (χ4n) is 1.75. The Morgan fingerprint density at radius 2 is 2.21 bits per heavy atom. The van der Waals surface area contributed by atoms with E-state index >= 15 is 0 Å². The maximum Gasteiger partial charge on any atom is 0.128 e. The zero-order valence-corrected chi connectivity index (χ0v) is 8.54. The molecule has 1 aliphatic heterocycles. The molecule has 1 aliphatic rings. The van der Waals surface area contributed by atoms with E-state index in [-0.39, 0.29) is 0 Å². The lowest BCUT2D eigenvalue weighted by Gasteiger charge is -2.24. The number of ether oxygens (including phenoxy) is 1. The van der Waals surface area contributed by atoms with E-state index in [4.69, 9.17) is 15.5 Å². The predicted molar refractivity (Wildman–Crippen MR) is 53.9 cm³/mol. The number of hydrogen-bond donors (Lipinski definition) is 1. The van der Waals surface area contributed by atoms with Gasteiger partial charge in [-0.3, -0.25) is 4.84 Å². The number of nitrogens with two attached hydrogens (primary N) is 1. The van der Waals surface area contributed by atoms with E-state index in [2.05, 4.69) is 6.07 Å². The smallest absolute Gasteiger partial charge is 0.128 e. The Morgan fingerprint density at radius 3 is 2.93 bits per heavy atom. The van der Waals surface area contributed by atoms with Crippen molar-refractivity contribution in [1.82, 2.24) is 0 Å². The van der Waals surface area contributed by atoms with E-state index in [0.717, 1.165) is 24.3 Å². The van der Waals surface area contributed by atoms with Crippen molar-refractivity contribution in [2.45, 2.75) is 25.9 Å². The number of para-hydroxylation sites is 1. The molecule has 3 nitrogen and oxygen atoms in total. The largest absolute Gasteiger partial charge is 0.493 e. The molecule has 2 N–H and O–H groups in total. The number of fused-ring (bicyclic) bond motifs is 1. The lowest BCUT2D eigenvalue weighted by molar-refractivity contribution is -0.0250. The maximum absolute atomic E-state index is 5.58. The summed E-state index contributed by atoms with van der Waals surface area (Å²) in [6, 6.07) is 6.10. The van der Waals surface area contributed by atoms with Crippen LogP contribution in [0.25, 0.3) is 0 Å². The van der Waals surface area contributed by atoms with Crippen LogP contribution in [0.2, 0.25) is 0 Å². The van der Waals surface area contributed by atoms with Gasteiger partial charge >= 0.3 is 0 Å². The third kappa shape index (κ3) is 1.38. The van der Waals surface area contributed by atoms with Crippen molar-refractivity contribution in [3.63, 3.8) is 0 Å². The van der Waals surface area contributed by atoms with E-state index in [1.165, 1.54) is 5.56 Å². The van der Waals surface area contributed by atoms with Crippen molar-refractivity contribution < 1.29 is 9.57 Å². The summed E-state index contributed by atoms with van der Waals surface area (Å²) < 4.78 is 5.58. The second kappa shape index (κ2) is 3.26. The standard InChI is InChI=1S/C11H15NO2/c1-11(2,14-12)9-5-3-4-8-6-7-13-10(8)9/h3-5H,6-7,12H2,1-2H3. The lowest BCUT2D eigenvalue weighted by Crippen LogP contribution is -2.25. The first-order valence-corrected chi connectivity index (χ1v) is 4.78. The minimum Gasteiger partial charge on any atom is -0.493 e. The van der Waals surface area contributed by atoms with Crippen LogP contribution in [0.4, 0.5) is 0 Å². The SMILES string of the molecule is CC(C)(ON)c1cccc2c1OCC2. The average molecular weight is 193 g/mol. The molecular formula is C11H15NO2. The van der Waals surface area contributed by atoms with Crippen LogP contribution < -0.4 is 10.6 Å². The van der Waals surface area contributed by atoms with Crippen molar-refractivity contribution in [1.29, 1.82) is 0 Å². The van der Waals surface area contributed by atoms with Gasteiger partial charge in [0.2, 0.25) is 0 Å². The Balaban J connectivity index is 2.49. The Labute approximate surface area is 83.8 Å². The molecular weight excluding hydrogens is 178 g/mol. The molecule has 1 aromatic rings. The highest BCUT2D eigenvalue weighted by molar-refractivity contribution is 5.46. The van der Waals surface area contributed by atoms with Crippen LogP contribution >= 0.6 is 0 Å². The minimum absolute atomic E-state index is 0.490. The molecule has 3 heteroatoms. The Kier molecular flexibility index (Phi) is 2.21. The molecule has 0 aromatic heterocycles. The topological polar surface area (TPSA) is 44.5 Å². The van der Waals surface area contributed by atoms with Crippen molar-refractivity contribution in [2.75, 3.05) is 6.61 Å². The van der Waals surface area contributed by atoms with Crippen LogP contribution in [0.1, 0.15) is 25.0 Å². The zero-order chi connectivity index (χ0) is 10.2. The van der Waals surface area contributed by atoms with Crippen LogP contribution in [0.15, 0.2) is 18.2 Å². The molecule has 0 fully saturated rings. The van der Waals surface area contributed by atoms with Gasteiger partial charge in [0.1, 0.15) is 11.4 Å². The Morgan fingerprint density at radius 1 is 1.43 bits per heavy atom.